The number of ketones is 3. The Bertz CT molecular complexity index is 2060. The molecule has 0 bridgehead atoms. The molecule has 21 heteroatoms. The van der Waals surface area contributed by atoms with Gasteiger partial charge in [-0.2, -0.15) is 0 Å². The summed E-state index contributed by atoms with van der Waals surface area (Å²) in [7, 11) is -1.95. The molecule has 6 N–H and O–H groups in total. The van der Waals surface area contributed by atoms with Crippen LogP contribution in [0.25, 0.3) is 0 Å². The summed E-state index contributed by atoms with van der Waals surface area (Å²) in [6.45, 7) is 10.6. The van der Waals surface area contributed by atoms with Gasteiger partial charge in [-0.15, -0.1) is 0 Å². The van der Waals surface area contributed by atoms with E-state index in [4.69, 9.17) is 28.2 Å². The fraction of sp³-hybridized carbons (Fsp3) is 0.455. The van der Waals surface area contributed by atoms with E-state index in [1.54, 1.807) is 57.4 Å². The largest absolute Gasteiger partial charge is 0.547 e. The molecular weight excluding hydrogens is 843 g/mol. The molecule has 0 spiro atoms. The second-order valence-electron chi connectivity index (χ2n) is 15.6. The van der Waals surface area contributed by atoms with E-state index in [2.05, 4.69) is 16.0 Å². The highest BCUT2D eigenvalue weighted by atomic mass is 16.5. The third-order valence-corrected chi connectivity index (χ3v) is 10.6. The first-order valence-corrected chi connectivity index (χ1v) is 21.5. The average Bonchev–Trinajstić information content (AvgIpc) is 3.27. The second kappa shape index (κ2) is 25.2. The van der Waals surface area contributed by atoms with Crippen molar-refractivity contribution in [2.24, 2.45) is 0 Å². The fourth-order valence-corrected chi connectivity index (χ4v) is 7.09. The molecule has 0 radical (unpaired) electrons. The molecule has 0 aliphatic carbocycles. The molecule has 6 rings (SSSR count). The summed E-state index contributed by atoms with van der Waals surface area (Å²) in [4.78, 5) is 70.0. The normalized spacial score (nSPS) is 17.3. The highest BCUT2D eigenvalue weighted by Gasteiger charge is 2.39. The van der Waals surface area contributed by atoms with Crippen molar-refractivity contribution in [3.63, 3.8) is 0 Å². The van der Waals surface area contributed by atoms with Gasteiger partial charge in [0.05, 0.1) is 40.6 Å². The zero-order valence-electron chi connectivity index (χ0n) is 37.8. The molecule has 18 nitrogen and oxygen atoms in total. The van der Waals surface area contributed by atoms with Crippen molar-refractivity contribution < 1.29 is 72.0 Å². The van der Waals surface area contributed by atoms with Gasteiger partial charge in [0.1, 0.15) is 30.5 Å². The van der Waals surface area contributed by atoms with Gasteiger partial charge in [0.2, 0.25) is 17.7 Å². The Hall–Kier alpha value is -5.57. The molecule has 4 atom stereocenters. The van der Waals surface area contributed by atoms with Crippen molar-refractivity contribution in [2.45, 2.75) is 97.6 Å². The smallest absolute Gasteiger partial charge is 0.534 e. The predicted molar refractivity (Wildman–Crippen MR) is 241 cm³/mol. The van der Waals surface area contributed by atoms with Crippen LogP contribution < -0.4 is 29.9 Å². The number of ether oxygens (including phenoxy) is 3. The van der Waals surface area contributed by atoms with Crippen LogP contribution in [0.5, 0.6) is 17.2 Å². The first-order chi connectivity index (χ1) is 31.0. The number of carbonyl (C=O) groups is 6. The number of methoxy groups -OCH3 is 1. The molecular formula is C44H58B3N3O15. The number of hydrogen-bond donors (Lipinski definition) is 6. The summed E-state index contributed by atoms with van der Waals surface area (Å²) in [5.41, 5.74) is 3.69. The van der Waals surface area contributed by atoms with Gasteiger partial charge >= 0.3 is 21.4 Å². The molecule has 3 aliphatic heterocycles. The van der Waals surface area contributed by atoms with Crippen LogP contribution in [0.2, 0.25) is 0 Å². The Kier molecular flexibility index (Phi) is 20.2. The summed E-state index contributed by atoms with van der Waals surface area (Å²) in [5.74, 6) is -1.61. The van der Waals surface area contributed by atoms with Gasteiger partial charge in [0.15, 0.2) is 17.3 Å². The number of amides is 3. The fourth-order valence-electron chi connectivity index (χ4n) is 7.09. The summed E-state index contributed by atoms with van der Waals surface area (Å²) < 4.78 is 31.5. The standard InChI is InChI=1S/C16H22BNO5.2C14H18BNO5/c1-10(22-3)7-8-15(20)18-14-9-12-5-4-6-13(11(2)19)16(12)23-17(14)21;2*1-3-20-8-13(18)16-12-7-10-5-4-6-11(9(2)17)14(10)21-15(12)19/h4-6,10,14,21H,7-9H2,1-3H3,(H,18,20);2*4-6,12,19H,3,7-8H2,1-2H3,(H,16,18)/t10?,14-;2*12-/m000/s1. The molecule has 1 unspecified atom stereocenters. The maximum atomic E-state index is 12.0. The van der Waals surface area contributed by atoms with Crippen LogP contribution in [-0.4, -0.2) is 129 Å². The minimum absolute atomic E-state index is 0.00660. The number of Topliss-reactive ketones (excluding diaryl/α,β-unsaturated/α-hetero) is 3. The maximum absolute atomic E-state index is 12.0. The van der Waals surface area contributed by atoms with Crippen molar-refractivity contribution in [3.05, 3.63) is 88.0 Å². The van der Waals surface area contributed by atoms with E-state index in [0.29, 0.717) is 79.3 Å². The Morgan fingerprint density at radius 2 is 0.923 bits per heavy atom. The number of nitrogens with one attached hydrogen (secondary N) is 3. The van der Waals surface area contributed by atoms with Crippen LogP contribution in [0.3, 0.4) is 0 Å². The molecule has 0 saturated carbocycles. The Morgan fingerprint density at radius 1 is 0.600 bits per heavy atom. The number of rotatable bonds is 16. The number of carbonyl (C=O) groups excluding carboxylic acids is 6. The van der Waals surface area contributed by atoms with Gasteiger partial charge in [-0.3, -0.25) is 28.8 Å². The molecule has 3 aromatic carbocycles. The number of benzene rings is 3. The number of hydrogen-bond acceptors (Lipinski definition) is 15. The number of para-hydroxylation sites is 3. The molecule has 3 heterocycles. The third kappa shape index (κ3) is 15.0. The van der Waals surface area contributed by atoms with E-state index in [0.717, 1.165) is 16.7 Å². The zero-order chi connectivity index (χ0) is 47.8. The van der Waals surface area contributed by atoms with Crippen LogP contribution in [0.4, 0.5) is 0 Å². The molecule has 65 heavy (non-hydrogen) atoms. The minimum Gasteiger partial charge on any atom is -0.534 e. The monoisotopic (exact) mass is 901 g/mol. The molecule has 348 valence electrons. The Labute approximate surface area is 379 Å². The molecule has 0 saturated heterocycles. The van der Waals surface area contributed by atoms with Crippen LogP contribution in [0.1, 0.15) is 102 Å². The van der Waals surface area contributed by atoms with Crippen molar-refractivity contribution in [3.8, 4) is 17.2 Å². The van der Waals surface area contributed by atoms with Crippen LogP contribution in [0, 0.1) is 0 Å². The molecule has 3 aliphatic rings. The number of fused-ring (bicyclic) bond motifs is 3. The van der Waals surface area contributed by atoms with Crippen molar-refractivity contribution in [1.29, 1.82) is 0 Å². The average molecular weight is 901 g/mol. The molecule has 3 amide bonds. The van der Waals surface area contributed by atoms with Gasteiger partial charge in [-0.25, -0.2) is 0 Å². The summed E-state index contributed by atoms with van der Waals surface area (Å²) >= 11 is 0. The molecule has 0 aromatic heterocycles. The van der Waals surface area contributed by atoms with Gasteiger partial charge in [-0.1, -0.05) is 36.4 Å². The van der Waals surface area contributed by atoms with Gasteiger partial charge in [-0.05, 0) is 102 Å². The lowest BCUT2D eigenvalue weighted by molar-refractivity contribution is -0.126. The van der Waals surface area contributed by atoms with E-state index < -0.39 is 39.2 Å². The van der Waals surface area contributed by atoms with Crippen molar-refractivity contribution >= 4 is 56.4 Å². The Balaban J connectivity index is 0.000000214. The first kappa shape index (κ1) is 52.1. The molecule has 3 aromatic rings. The van der Waals surface area contributed by atoms with E-state index >= 15 is 0 Å². The predicted octanol–water partition coefficient (Wildman–Crippen LogP) is 1.87. The zero-order valence-corrected chi connectivity index (χ0v) is 37.8. The summed E-state index contributed by atoms with van der Waals surface area (Å²) in [6.07, 6.45) is 2.15. The lowest BCUT2D eigenvalue weighted by Gasteiger charge is -2.29. The maximum Gasteiger partial charge on any atom is 0.547 e. The summed E-state index contributed by atoms with van der Waals surface area (Å²) in [6, 6.07) is 15.7. The lowest BCUT2D eigenvalue weighted by atomic mass is 9.72. The van der Waals surface area contributed by atoms with Gasteiger partial charge in [0, 0.05) is 26.7 Å². The molecule has 0 fully saturated rings. The van der Waals surface area contributed by atoms with Gasteiger partial charge < -0.3 is 59.2 Å². The van der Waals surface area contributed by atoms with Crippen LogP contribution >= 0.6 is 0 Å². The van der Waals surface area contributed by atoms with Gasteiger partial charge in [0.25, 0.3) is 0 Å². The van der Waals surface area contributed by atoms with E-state index in [-0.39, 0.29) is 54.4 Å². The van der Waals surface area contributed by atoms with E-state index in [1.165, 1.54) is 20.8 Å². The van der Waals surface area contributed by atoms with E-state index in [1.807, 2.05) is 25.1 Å². The van der Waals surface area contributed by atoms with E-state index in [9.17, 15) is 43.8 Å². The Morgan fingerprint density at radius 3 is 1.22 bits per heavy atom. The topological polar surface area (TPSA) is 255 Å². The third-order valence-electron chi connectivity index (χ3n) is 10.6. The van der Waals surface area contributed by atoms with Crippen LogP contribution in [0.15, 0.2) is 54.6 Å². The lowest BCUT2D eigenvalue weighted by Crippen LogP contribution is -2.53. The van der Waals surface area contributed by atoms with Crippen LogP contribution in [-0.2, 0) is 47.9 Å². The quantitative estimate of drug-likeness (QED) is 0.0887. The van der Waals surface area contributed by atoms with Crippen molar-refractivity contribution in [2.75, 3.05) is 33.5 Å². The minimum atomic E-state index is -1.19. The highest BCUT2D eigenvalue weighted by molar-refractivity contribution is 6.48. The first-order valence-electron chi connectivity index (χ1n) is 21.5. The van der Waals surface area contributed by atoms with Crippen molar-refractivity contribution in [1.82, 2.24) is 16.0 Å². The summed E-state index contributed by atoms with van der Waals surface area (Å²) in [5, 5.41) is 38.3. The highest BCUT2D eigenvalue weighted by Crippen LogP contribution is 2.32. The SMILES string of the molecule is CCOCC(=O)N[C@H]1Cc2cccc(C(C)=O)c2OB1O.CCOCC(=O)N[C@H]1Cc2cccc(C(C)=O)c2OB1O.COC(C)CCC(=O)N[C@H]1Cc2cccc(C(C)=O)c2OB1O. The second-order valence-corrected chi connectivity index (χ2v) is 15.6.